The molecule has 0 unspecified atom stereocenters. The van der Waals surface area contributed by atoms with Crippen molar-refractivity contribution in [2.75, 3.05) is 26.2 Å². The number of likely N-dealkylation sites (N-methyl/N-ethyl adjacent to an activating group) is 1. The molecule has 0 heterocycles. The highest BCUT2D eigenvalue weighted by molar-refractivity contribution is 5.76. The van der Waals surface area contributed by atoms with Gasteiger partial charge in [-0.3, -0.25) is 4.79 Å². The first-order chi connectivity index (χ1) is 6.26. The summed E-state index contributed by atoms with van der Waals surface area (Å²) in [6, 6.07) is 0. The Bertz CT molecular complexity index is 157. The van der Waals surface area contributed by atoms with Gasteiger partial charge in [-0.2, -0.15) is 0 Å². The zero-order valence-corrected chi connectivity index (χ0v) is 8.68. The maximum Gasteiger partial charge on any atom is 0.224 e. The minimum Gasteiger partial charge on any atom is -0.339 e. The predicted molar refractivity (Wildman–Crippen MR) is 55.6 cm³/mol. The van der Waals surface area contributed by atoms with E-state index < -0.39 is 0 Å². The Kier molecular flexibility index (Phi) is 7.30. The van der Waals surface area contributed by atoms with E-state index in [4.69, 9.17) is 0 Å². The maximum absolute atomic E-state index is 11.5. The summed E-state index contributed by atoms with van der Waals surface area (Å²) < 4.78 is 0. The first-order valence-corrected chi connectivity index (χ1v) is 4.85. The second-order valence-electron chi connectivity index (χ2n) is 2.82. The average molecular weight is 184 g/mol. The Hall–Kier alpha value is -0.830. The number of carbonyl (C=O) groups is 1. The van der Waals surface area contributed by atoms with Crippen LogP contribution in [0.25, 0.3) is 0 Å². The normalized spacial score (nSPS) is 9.69. The zero-order valence-electron chi connectivity index (χ0n) is 8.68. The third-order valence-corrected chi connectivity index (χ3v) is 1.85. The van der Waals surface area contributed by atoms with Gasteiger partial charge in [0, 0.05) is 26.1 Å². The van der Waals surface area contributed by atoms with Gasteiger partial charge in [0.05, 0.1) is 0 Å². The molecule has 3 nitrogen and oxygen atoms in total. The topological polar surface area (TPSA) is 32.3 Å². The van der Waals surface area contributed by atoms with Crippen LogP contribution in [0.1, 0.15) is 20.3 Å². The second-order valence-corrected chi connectivity index (χ2v) is 2.82. The standard InChI is InChI=1S/C10H20N2O/c1-4-9-12(6-3)10(13)7-8-11-5-2/h4,11H,1,5-9H2,2-3H3. The first-order valence-electron chi connectivity index (χ1n) is 4.85. The summed E-state index contributed by atoms with van der Waals surface area (Å²) in [6.45, 7) is 10.7. The molecule has 0 saturated heterocycles. The van der Waals surface area contributed by atoms with Gasteiger partial charge >= 0.3 is 0 Å². The highest BCUT2D eigenvalue weighted by atomic mass is 16.2. The number of nitrogens with zero attached hydrogens (tertiary/aromatic N) is 1. The predicted octanol–water partition coefficient (Wildman–Crippen LogP) is 1.02. The summed E-state index contributed by atoms with van der Waals surface area (Å²) >= 11 is 0. The second kappa shape index (κ2) is 7.80. The summed E-state index contributed by atoms with van der Waals surface area (Å²) in [5, 5.41) is 3.13. The van der Waals surface area contributed by atoms with Crippen LogP contribution in [-0.4, -0.2) is 37.0 Å². The minimum absolute atomic E-state index is 0.198. The van der Waals surface area contributed by atoms with Crippen molar-refractivity contribution in [3.8, 4) is 0 Å². The number of hydrogen-bond acceptors (Lipinski definition) is 2. The number of rotatable bonds is 7. The Labute approximate surface area is 80.8 Å². The van der Waals surface area contributed by atoms with Crippen LogP contribution in [0.4, 0.5) is 0 Å². The molecule has 0 atom stereocenters. The van der Waals surface area contributed by atoms with Crippen molar-refractivity contribution in [1.29, 1.82) is 0 Å². The largest absolute Gasteiger partial charge is 0.339 e. The summed E-state index contributed by atoms with van der Waals surface area (Å²) in [6.07, 6.45) is 2.34. The molecule has 1 amide bonds. The van der Waals surface area contributed by atoms with Crippen LogP contribution in [0.2, 0.25) is 0 Å². The quantitative estimate of drug-likeness (QED) is 0.473. The van der Waals surface area contributed by atoms with Gasteiger partial charge in [0.1, 0.15) is 0 Å². The van der Waals surface area contributed by atoms with Gasteiger partial charge in [-0.05, 0) is 13.5 Å². The molecule has 76 valence electrons. The Morgan fingerprint density at radius 1 is 1.54 bits per heavy atom. The summed E-state index contributed by atoms with van der Waals surface area (Å²) in [4.78, 5) is 13.3. The van der Waals surface area contributed by atoms with Crippen LogP contribution in [-0.2, 0) is 4.79 Å². The molecule has 3 heteroatoms. The van der Waals surface area contributed by atoms with E-state index in [-0.39, 0.29) is 5.91 Å². The van der Waals surface area contributed by atoms with E-state index in [0.29, 0.717) is 13.0 Å². The molecule has 0 radical (unpaired) electrons. The lowest BCUT2D eigenvalue weighted by Gasteiger charge is -2.18. The van der Waals surface area contributed by atoms with Crippen molar-refractivity contribution in [2.45, 2.75) is 20.3 Å². The van der Waals surface area contributed by atoms with Gasteiger partial charge in [-0.15, -0.1) is 6.58 Å². The molecule has 0 aromatic carbocycles. The van der Waals surface area contributed by atoms with Crippen LogP contribution < -0.4 is 5.32 Å². The van der Waals surface area contributed by atoms with E-state index >= 15 is 0 Å². The average Bonchev–Trinajstić information content (AvgIpc) is 2.14. The van der Waals surface area contributed by atoms with Crippen LogP contribution >= 0.6 is 0 Å². The fourth-order valence-corrected chi connectivity index (χ4v) is 1.09. The van der Waals surface area contributed by atoms with Crippen molar-refractivity contribution in [2.24, 2.45) is 0 Å². The summed E-state index contributed by atoms with van der Waals surface area (Å²) in [7, 11) is 0. The molecule has 0 saturated carbocycles. The lowest BCUT2D eigenvalue weighted by Crippen LogP contribution is -2.33. The number of amides is 1. The molecule has 0 aliphatic rings. The molecule has 13 heavy (non-hydrogen) atoms. The van der Waals surface area contributed by atoms with E-state index in [1.165, 1.54) is 0 Å². The van der Waals surface area contributed by atoms with Crippen LogP contribution in [0.3, 0.4) is 0 Å². The lowest BCUT2D eigenvalue weighted by molar-refractivity contribution is -0.130. The molecule has 0 aliphatic heterocycles. The molecule has 0 spiro atoms. The molecular weight excluding hydrogens is 164 g/mol. The summed E-state index contributed by atoms with van der Waals surface area (Å²) in [5.41, 5.74) is 0. The molecule has 0 aromatic rings. The third-order valence-electron chi connectivity index (χ3n) is 1.85. The van der Waals surface area contributed by atoms with Crippen molar-refractivity contribution in [3.05, 3.63) is 12.7 Å². The maximum atomic E-state index is 11.5. The molecule has 0 bridgehead atoms. The van der Waals surface area contributed by atoms with Gasteiger partial charge < -0.3 is 10.2 Å². The zero-order chi connectivity index (χ0) is 10.1. The van der Waals surface area contributed by atoms with E-state index in [0.717, 1.165) is 19.6 Å². The first kappa shape index (κ1) is 12.2. The number of nitrogens with one attached hydrogen (secondary N) is 1. The Balaban J connectivity index is 3.70. The summed E-state index contributed by atoms with van der Waals surface area (Å²) in [5.74, 6) is 0.198. The molecule has 1 N–H and O–H groups in total. The molecule has 0 aliphatic carbocycles. The van der Waals surface area contributed by atoms with Gasteiger partial charge in [-0.25, -0.2) is 0 Å². The monoisotopic (exact) mass is 184 g/mol. The molecular formula is C10H20N2O. The van der Waals surface area contributed by atoms with Crippen molar-refractivity contribution in [1.82, 2.24) is 10.2 Å². The minimum atomic E-state index is 0.198. The highest BCUT2D eigenvalue weighted by Crippen LogP contribution is 1.93. The van der Waals surface area contributed by atoms with Gasteiger partial charge in [0.25, 0.3) is 0 Å². The number of carbonyl (C=O) groups excluding carboxylic acids is 1. The Morgan fingerprint density at radius 3 is 2.69 bits per heavy atom. The molecule has 0 rings (SSSR count). The van der Waals surface area contributed by atoms with Gasteiger partial charge in [0.15, 0.2) is 0 Å². The van der Waals surface area contributed by atoms with E-state index in [1.54, 1.807) is 11.0 Å². The van der Waals surface area contributed by atoms with E-state index in [2.05, 4.69) is 11.9 Å². The van der Waals surface area contributed by atoms with Crippen molar-refractivity contribution < 1.29 is 4.79 Å². The van der Waals surface area contributed by atoms with Gasteiger partial charge in [-0.1, -0.05) is 13.0 Å². The lowest BCUT2D eigenvalue weighted by atomic mass is 10.3. The fraction of sp³-hybridized carbons (Fsp3) is 0.700. The van der Waals surface area contributed by atoms with Crippen LogP contribution in [0.5, 0.6) is 0 Å². The van der Waals surface area contributed by atoms with Gasteiger partial charge in [0.2, 0.25) is 5.91 Å². The number of hydrogen-bond donors (Lipinski definition) is 1. The van der Waals surface area contributed by atoms with Crippen LogP contribution in [0.15, 0.2) is 12.7 Å². The van der Waals surface area contributed by atoms with Crippen LogP contribution in [0, 0.1) is 0 Å². The van der Waals surface area contributed by atoms with E-state index in [1.807, 2.05) is 13.8 Å². The SMILES string of the molecule is C=CCN(CC)C(=O)CCNCC. The molecule has 0 fully saturated rings. The highest BCUT2D eigenvalue weighted by Gasteiger charge is 2.08. The van der Waals surface area contributed by atoms with Crippen molar-refractivity contribution >= 4 is 5.91 Å². The van der Waals surface area contributed by atoms with E-state index in [9.17, 15) is 4.79 Å². The third kappa shape index (κ3) is 5.42. The van der Waals surface area contributed by atoms with Crippen molar-refractivity contribution in [3.63, 3.8) is 0 Å². The Morgan fingerprint density at radius 2 is 2.23 bits per heavy atom. The molecule has 0 aromatic heterocycles. The fourth-order valence-electron chi connectivity index (χ4n) is 1.09. The smallest absolute Gasteiger partial charge is 0.224 e.